The molecule has 4 nitrogen and oxygen atoms in total. The van der Waals surface area contributed by atoms with Gasteiger partial charge in [-0.15, -0.1) is 11.3 Å². The van der Waals surface area contributed by atoms with Gasteiger partial charge in [-0.3, -0.25) is 4.79 Å². The summed E-state index contributed by atoms with van der Waals surface area (Å²) in [5.41, 5.74) is 10.5. The maximum Gasteiger partial charge on any atom is 0.234 e. The van der Waals surface area contributed by atoms with Crippen LogP contribution in [0.2, 0.25) is 0 Å². The summed E-state index contributed by atoms with van der Waals surface area (Å²) in [5, 5.41) is 0.860. The zero-order chi connectivity index (χ0) is 9.14. The van der Waals surface area contributed by atoms with Crippen LogP contribution in [0.1, 0.15) is 9.88 Å². The molecule has 0 aromatic carbocycles. The van der Waals surface area contributed by atoms with Gasteiger partial charge in [0.1, 0.15) is 0 Å². The van der Waals surface area contributed by atoms with E-state index < -0.39 is 11.9 Å². The third kappa shape index (κ3) is 2.28. The molecule has 0 fully saturated rings. The molecule has 4 N–H and O–H groups in total. The Morgan fingerprint density at radius 1 is 1.83 bits per heavy atom. The molecule has 1 aromatic heterocycles. The summed E-state index contributed by atoms with van der Waals surface area (Å²) >= 11 is 1.53. The zero-order valence-electron chi connectivity index (χ0n) is 6.78. The van der Waals surface area contributed by atoms with Crippen LogP contribution in [0, 0.1) is 6.92 Å². The van der Waals surface area contributed by atoms with Crippen LogP contribution in [0.15, 0.2) is 6.20 Å². The van der Waals surface area contributed by atoms with Crippen LogP contribution in [0.3, 0.4) is 0 Å². The first-order chi connectivity index (χ1) is 5.59. The number of nitrogens with zero attached hydrogens (tertiary/aromatic N) is 1. The minimum absolute atomic E-state index is 0.438. The van der Waals surface area contributed by atoms with Crippen molar-refractivity contribution in [3.05, 3.63) is 16.1 Å². The monoisotopic (exact) mass is 185 g/mol. The Bertz CT molecular complexity index is 284. The lowest BCUT2D eigenvalue weighted by atomic mass is 10.2. The fraction of sp³-hybridized carbons (Fsp3) is 0.429. The maximum atomic E-state index is 10.6. The Hall–Kier alpha value is -0.940. The first-order valence-electron chi connectivity index (χ1n) is 3.56. The van der Waals surface area contributed by atoms with Crippen LogP contribution in [-0.2, 0) is 11.2 Å². The molecule has 0 radical (unpaired) electrons. The molecular weight excluding hydrogens is 174 g/mol. The SMILES string of the molecule is Cc1cnc(CC(N)C(N)=O)s1. The number of nitrogens with two attached hydrogens (primary N) is 2. The predicted octanol–water partition coefficient (Wildman–Crippen LogP) is -0.193. The maximum absolute atomic E-state index is 10.6. The molecule has 0 aliphatic carbocycles. The molecular formula is C7H11N3OS. The van der Waals surface area contributed by atoms with Crippen molar-refractivity contribution in [2.75, 3.05) is 0 Å². The molecule has 1 unspecified atom stereocenters. The van der Waals surface area contributed by atoms with Gasteiger partial charge in [0.2, 0.25) is 5.91 Å². The predicted molar refractivity (Wildman–Crippen MR) is 47.7 cm³/mol. The van der Waals surface area contributed by atoms with E-state index in [2.05, 4.69) is 4.98 Å². The molecule has 0 aliphatic heterocycles. The first-order valence-corrected chi connectivity index (χ1v) is 4.37. The lowest BCUT2D eigenvalue weighted by molar-refractivity contribution is -0.119. The van der Waals surface area contributed by atoms with Crippen molar-refractivity contribution in [3.63, 3.8) is 0 Å². The number of amides is 1. The van der Waals surface area contributed by atoms with Crippen molar-refractivity contribution < 1.29 is 4.79 Å². The molecule has 1 atom stereocenters. The normalized spacial score (nSPS) is 12.8. The average Bonchev–Trinajstić information content (AvgIpc) is 2.35. The van der Waals surface area contributed by atoms with E-state index in [-0.39, 0.29) is 0 Å². The lowest BCUT2D eigenvalue weighted by Crippen LogP contribution is -2.38. The Kier molecular flexibility index (Phi) is 2.78. The summed E-state index contributed by atoms with van der Waals surface area (Å²) in [7, 11) is 0. The van der Waals surface area contributed by atoms with Crippen molar-refractivity contribution >= 4 is 17.2 Å². The standard InChI is InChI=1S/C7H11N3OS/c1-4-3-10-6(12-4)2-5(8)7(9)11/h3,5H,2,8H2,1H3,(H2,9,11). The van der Waals surface area contributed by atoms with Gasteiger partial charge in [-0.05, 0) is 6.92 Å². The summed E-state index contributed by atoms with van der Waals surface area (Å²) in [5.74, 6) is -0.483. The number of hydrogen-bond donors (Lipinski definition) is 2. The molecule has 0 saturated heterocycles. The van der Waals surface area contributed by atoms with Gasteiger partial charge in [0.25, 0.3) is 0 Å². The second kappa shape index (κ2) is 3.64. The second-order valence-electron chi connectivity index (χ2n) is 2.58. The van der Waals surface area contributed by atoms with E-state index in [4.69, 9.17) is 11.5 Å². The van der Waals surface area contributed by atoms with Crippen molar-refractivity contribution in [1.29, 1.82) is 0 Å². The van der Waals surface area contributed by atoms with E-state index in [1.54, 1.807) is 6.20 Å². The highest BCUT2D eigenvalue weighted by atomic mass is 32.1. The van der Waals surface area contributed by atoms with Gasteiger partial charge in [0, 0.05) is 17.5 Å². The molecule has 0 saturated carbocycles. The molecule has 12 heavy (non-hydrogen) atoms. The zero-order valence-corrected chi connectivity index (χ0v) is 7.60. The summed E-state index contributed by atoms with van der Waals surface area (Å²) in [6.45, 7) is 1.96. The number of aryl methyl sites for hydroxylation is 1. The quantitative estimate of drug-likeness (QED) is 0.684. The van der Waals surface area contributed by atoms with Gasteiger partial charge in [-0.25, -0.2) is 4.98 Å². The van der Waals surface area contributed by atoms with E-state index >= 15 is 0 Å². The van der Waals surface area contributed by atoms with Crippen molar-refractivity contribution in [1.82, 2.24) is 4.98 Å². The van der Waals surface area contributed by atoms with E-state index in [9.17, 15) is 4.79 Å². The number of thiazole rings is 1. The molecule has 0 bridgehead atoms. The van der Waals surface area contributed by atoms with Crippen LogP contribution in [0.5, 0.6) is 0 Å². The number of aromatic nitrogens is 1. The minimum Gasteiger partial charge on any atom is -0.368 e. The van der Waals surface area contributed by atoms with Crippen LogP contribution in [-0.4, -0.2) is 16.9 Å². The Morgan fingerprint density at radius 2 is 2.50 bits per heavy atom. The third-order valence-electron chi connectivity index (χ3n) is 1.43. The highest BCUT2D eigenvalue weighted by Gasteiger charge is 2.11. The van der Waals surface area contributed by atoms with Crippen LogP contribution >= 0.6 is 11.3 Å². The number of primary amides is 1. The minimum atomic E-state index is -0.615. The summed E-state index contributed by atoms with van der Waals surface area (Å²) < 4.78 is 0. The second-order valence-corrected chi connectivity index (χ2v) is 3.90. The van der Waals surface area contributed by atoms with Gasteiger partial charge in [-0.1, -0.05) is 0 Å². The number of carbonyl (C=O) groups excluding carboxylic acids is 1. The molecule has 1 aromatic rings. The lowest BCUT2D eigenvalue weighted by Gasteiger charge is -2.02. The van der Waals surface area contributed by atoms with Crippen molar-refractivity contribution in [2.45, 2.75) is 19.4 Å². The van der Waals surface area contributed by atoms with E-state index in [1.165, 1.54) is 11.3 Å². The smallest absolute Gasteiger partial charge is 0.234 e. The van der Waals surface area contributed by atoms with Crippen molar-refractivity contribution in [2.24, 2.45) is 11.5 Å². The Morgan fingerprint density at radius 3 is 2.92 bits per heavy atom. The van der Waals surface area contributed by atoms with Gasteiger partial charge in [0.05, 0.1) is 11.0 Å². The fourth-order valence-corrected chi connectivity index (χ4v) is 1.63. The largest absolute Gasteiger partial charge is 0.368 e. The van der Waals surface area contributed by atoms with Crippen molar-refractivity contribution in [3.8, 4) is 0 Å². The highest BCUT2D eigenvalue weighted by molar-refractivity contribution is 7.11. The molecule has 1 amide bonds. The van der Waals surface area contributed by atoms with Crippen LogP contribution in [0.4, 0.5) is 0 Å². The third-order valence-corrected chi connectivity index (χ3v) is 2.36. The molecule has 0 aliphatic rings. The molecule has 66 valence electrons. The number of hydrogen-bond acceptors (Lipinski definition) is 4. The van der Waals surface area contributed by atoms with E-state index in [0.717, 1.165) is 9.88 Å². The van der Waals surface area contributed by atoms with Gasteiger partial charge < -0.3 is 11.5 Å². The first kappa shape index (κ1) is 9.15. The molecule has 1 rings (SSSR count). The molecule has 0 spiro atoms. The molecule has 5 heteroatoms. The highest BCUT2D eigenvalue weighted by Crippen LogP contribution is 2.12. The Balaban J connectivity index is 2.58. The van der Waals surface area contributed by atoms with Crippen LogP contribution < -0.4 is 11.5 Å². The van der Waals surface area contributed by atoms with Crippen LogP contribution in [0.25, 0.3) is 0 Å². The fourth-order valence-electron chi connectivity index (χ4n) is 0.785. The topological polar surface area (TPSA) is 82.0 Å². The van der Waals surface area contributed by atoms with Gasteiger partial charge >= 0.3 is 0 Å². The summed E-state index contributed by atoms with van der Waals surface area (Å²) in [6, 6.07) is -0.615. The summed E-state index contributed by atoms with van der Waals surface area (Å²) in [6.07, 6.45) is 2.20. The van der Waals surface area contributed by atoms with E-state index in [1.807, 2.05) is 6.92 Å². The van der Waals surface area contributed by atoms with Gasteiger partial charge in [-0.2, -0.15) is 0 Å². The summed E-state index contributed by atoms with van der Waals surface area (Å²) in [4.78, 5) is 15.8. The Labute approximate surface area is 74.6 Å². The number of rotatable bonds is 3. The molecule has 1 heterocycles. The average molecular weight is 185 g/mol. The number of carbonyl (C=O) groups is 1. The van der Waals surface area contributed by atoms with Gasteiger partial charge in [0.15, 0.2) is 0 Å². The van der Waals surface area contributed by atoms with E-state index in [0.29, 0.717) is 6.42 Å².